The molecule has 0 radical (unpaired) electrons. The summed E-state index contributed by atoms with van der Waals surface area (Å²) in [7, 11) is 0. The van der Waals surface area contributed by atoms with Crippen molar-refractivity contribution in [3.8, 4) is 0 Å². The van der Waals surface area contributed by atoms with Gasteiger partial charge in [-0.3, -0.25) is 4.79 Å². The maximum atomic E-state index is 11.8. The molecule has 1 atom stereocenters. The molecule has 1 aliphatic carbocycles. The fourth-order valence-electron chi connectivity index (χ4n) is 1.91. The lowest BCUT2D eigenvalue weighted by molar-refractivity contribution is -0.118. The summed E-state index contributed by atoms with van der Waals surface area (Å²) in [5.41, 5.74) is 0.862. The van der Waals surface area contributed by atoms with Gasteiger partial charge < -0.3 is 5.11 Å². The molecule has 0 aromatic heterocycles. The number of aliphatic hydroxyl groups is 1. The second kappa shape index (κ2) is 5.15. The Hall–Kier alpha value is -1.05. The highest BCUT2D eigenvalue weighted by atomic mass is 16.3. The third-order valence-corrected chi connectivity index (χ3v) is 2.82. The molecule has 2 heteroatoms. The zero-order valence-corrected chi connectivity index (χ0v) is 9.79. The Morgan fingerprint density at radius 3 is 2.73 bits per heavy atom. The highest BCUT2D eigenvalue weighted by Gasteiger charge is 2.23. The molecular weight excluding hydrogens is 188 g/mol. The summed E-state index contributed by atoms with van der Waals surface area (Å²) in [5.74, 6) is 0.835. The van der Waals surface area contributed by atoms with Crippen molar-refractivity contribution in [1.82, 2.24) is 0 Å². The lowest BCUT2D eigenvalue weighted by Gasteiger charge is -2.21. The van der Waals surface area contributed by atoms with Gasteiger partial charge in [0.05, 0.1) is 5.76 Å². The van der Waals surface area contributed by atoms with Gasteiger partial charge in [-0.15, -0.1) is 0 Å². The number of hydrogen-bond donors (Lipinski definition) is 1. The molecule has 0 aromatic carbocycles. The molecule has 1 rings (SSSR count). The van der Waals surface area contributed by atoms with Gasteiger partial charge in [-0.05, 0) is 24.5 Å². The molecular formula is C13H20O2. The molecule has 15 heavy (non-hydrogen) atoms. The van der Waals surface area contributed by atoms with Crippen molar-refractivity contribution in [1.29, 1.82) is 0 Å². The van der Waals surface area contributed by atoms with Gasteiger partial charge in [-0.25, -0.2) is 0 Å². The van der Waals surface area contributed by atoms with E-state index in [0.717, 1.165) is 18.4 Å². The van der Waals surface area contributed by atoms with E-state index in [9.17, 15) is 9.90 Å². The Balaban J connectivity index is 2.75. The predicted molar refractivity (Wildman–Crippen MR) is 61.7 cm³/mol. The second-order valence-corrected chi connectivity index (χ2v) is 4.49. The number of carbonyl (C=O) groups is 1. The summed E-state index contributed by atoms with van der Waals surface area (Å²) in [6.45, 7) is 5.92. The van der Waals surface area contributed by atoms with E-state index in [1.807, 2.05) is 13.8 Å². The lowest BCUT2D eigenvalue weighted by atomic mass is 9.85. The third-order valence-electron chi connectivity index (χ3n) is 2.82. The normalized spacial score (nSPS) is 21.2. The van der Waals surface area contributed by atoms with Crippen molar-refractivity contribution in [3.05, 3.63) is 23.5 Å². The number of ketones is 1. The number of Topliss-reactive ketones (excluding diaryl/α,β-unsaturated/α-hetero) is 1. The van der Waals surface area contributed by atoms with Crippen molar-refractivity contribution >= 4 is 5.78 Å². The summed E-state index contributed by atoms with van der Waals surface area (Å²) in [4.78, 5) is 11.8. The number of hydrogen-bond acceptors (Lipinski definition) is 2. The van der Waals surface area contributed by atoms with E-state index in [2.05, 4.69) is 6.92 Å². The predicted octanol–water partition coefficient (Wildman–Crippen LogP) is 3.40. The van der Waals surface area contributed by atoms with Crippen LogP contribution < -0.4 is 0 Å². The topological polar surface area (TPSA) is 37.3 Å². The van der Waals surface area contributed by atoms with Gasteiger partial charge in [0.15, 0.2) is 5.78 Å². The Labute approximate surface area is 91.7 Å². The van der Waals surface area contributed by atoms with Crippen LogP contribution in [0.4, 0.5) is 0 Å². The van der Waals surface area contributed by atoms with Crippen LogP contribution in [0, 0.1) is 11.8 Å². The fourth-order valence-corrected chi connectivity index (χ4v) is 1.91. The molecule has 0 spiro atoms. The van der Waals surface area contributed by atoms with Gasteiger partial charge in [0, 0.05) is 11.8 Å². The number of allylic oxidation sites excluding steroid dienone is 4. The zero-order valence-electron chi connectivity index (χ0n) is 9.79. The van der Waals surface area contributed by atoms with E-state index in [0.29, 0.717) is 12.2 Å². The lowest BCUT2D eigenvalue weighted by Crippen LogP contribution is -2.17. The van der Waals surface area contributed by atoms with Crippen LogP contribution in [-0.2, 0) is 4.79 Å². The average Bonchev–Trinajstić information content (AvgIpc) is 2.20. The van der Waals surface area contributed by atoms with Crippen LogP contribution in [0.2, 0.25) is 0 Å². The first-order chi connectivity index (χ1) is 7.06. The molecule has 0 amide bonds. The van der Waals surface area contributed by atoms with Gasteiger partial charge in [0.25, 0.3) is 0 Å². The maximum Gasteiger partial charge on any atom is 0.161 e. The molecule has 0 aliphatic heterocycles. The van der Waals surface area contributed by atoms with Crippen molar-refractivity contribution in [2.45, 2.75) is 40.0 Å². The number of carbonyl (C=O) groups excluding carboxylic acids is 1. The van der Waals surface area contributed by atoms with Crippen LogP contribution >= 0.6 is 0 Å². The summed E-state index contributed by atoms with van der Waals surface area (Å²) in [6.07, 6.45) is 6.13. The Morgan fingerprint density at radius 2 is 2.20 bits per heavy atom. The molecule has 0 heterocycles. The minimum atomic E-state index is 0.0483. The van der Waals surface area contributed by atoms with Crippen LogP contribution in [0.15, 0.2) is 23.5 Å². The molecule has 1 unspecified atom stereocenters. The Morgan fingerprint density at radius 1 is 1.53 bits per heavy atom. The second-order valence-electron chi connectivity index (χ2n) is 4.49. The molecule has 0 aromatic rings. The first-order valence-electron chi connectivity index (χ1n) is 5.70. The Bertz CT molecular complexity index is 298. The Kier molecular flexibility index (Phi) is 4.13. The van der Waals surface area contributed by atoms with E-state index in [-0.39, 0.29) is 17.6 Å². The molecule has 0 saturated carbocycles. The van der Waals surface area contributed by atoms with Crippen LogP contribution in [0.1, 0.15) is 40.0 Å². The molecule has 1 aliphatic rings. The van der Waals surface area contributed by atoms with Gasteiger partial charge in [-0.2, -0.15) is 0 Å². The quantitative estimate of drug-likeness (QED) is 0.768. The van der Waals surface area contributed by atoms with Crippen LogP contribution in [-0.4, -0.2) is 10.9 Å². The SMILES string of the molecule is CCCC1CC(C(=O)C(C)C)=CC=C1O. The van der Waals surface area contributed by atoms with Gasteiger partial charge in [0.2, 0.25) is 0 Å². The van der Waals surface area contributed by atoms with E-state index in [1.54, 1.807) is 12.2 Å². The monoisotopic (exact) mass is 208 g/mol. The molecule has 84 valence electrons. The molecule has 2 nitrogen and oxygen atoms in total. The van der Waals surface area contributed by atoms with E-state index in [1.165, 1.54) is 0 Å². The molecule has 0 fully saturated rings. The minimum Gasteiger partial charge on any atom is -0.512 e. The van der Waals surface area contributed by atoms with Crippen LogP contribution in [0.25, 0.3) is 0 Å². The summed E-state index contributed by atoms with van der Waals surface area (Å²) >= 11 is 0. The van der Waals surface area contributed by atoms with Crippen molar-refractivity contribution < 1.29 is 9.90 Å². The minimum absolute atomic E-state index is 0.0483. The van der Waals surface area contributed by atoms with Gasteiger partial charge in [-0.1, -0.05) is 33.3 Å². The summed E-state index contributed by atoms with van der Waals surface area (Å²) in [6, 6.07) is 0. The maximum absolute atomic E-state index is 11.8. The number of rotatable bonds is 4. The summed E-state index contributed by atoms with van der Waals surface area (Å²) in [5, 5.41) is 9.64. The zero-order chi connectivity index (χ0) is 11.4. The van der Waals surface area contributed by atoms with Crippen molar-refractivity contribution in [2.24, 2.45) is 11.8 Å². The largest absolute Gasteiger partial charge is 0.512 e. The van der Waals surface area contributed by atoms with Crippen molar-refractivity contribution in [2.75, 3.05) is 0 Å². The smallest absolute Gasteiger partial charge is 0.161 e. The first-order valence-corrected chi connectivity index (χ1v) is 5.70. The van der Waals surface area contributed by atoms with E-state index < -0.39 is 0 Å². The highest BCUT2D eigenvalue weighted by Crippen LogP contribution is 2.28. The van der Waals surface area contributed by atoms with Gasteiger partial charge in [0.1, 0.15) is 0 Å². The molecule has 0 saturated heterocycles. The third kappa shape index (κ3) is 2.95. The summed E-state index contributed by atoms with van der Waals surface area (Å²) < 4.78 is 0. The van der Waals surface area contributed by atoms with E-state index >= 15 is 0 Å². The van der Waals surface area contributed by atoms with Crippen LogP contribution in [0.5, 0.6) is 0 Å². The van der Waals surface area contributed by atoms with Crippen molar-refractivity contribution in [3.63, 3.8) is 0 Å². The van der Waals surface area contributed by atoms with E-state index in [4.69, 9.17) is 0 Å². The highest BCUT2D eigenvalue weighted by molar-refractivity contribution is 5.97. The molecule has 0 bridgehead atoms. The molecule has 1 N–H and O–H groups in total. The fraction of sp³-hybridized carbons (Fsp3) is 0.615. The number of aliphatic hydroxyl groups excluding tert-OH is 1. The average molecular weight is 208 g/mol. The standard InChI is InChI=1S/C13H20O2/c1-4-5-10-8-11(6-7-12(10)14)13(15)9(2)3/h6-7,9-10,14H,4-5,8H2,1-3H3. The first kappa shape index (κ1) is 12.0. The van der Waals surface area contributed by atoms with Gasteiger partial charge >= 0.3 is 0 Å². The van der Waals surface area contributed by atoms with Crippen LogP contribution in [0.3, 0.4) is 0 Å².